The summed E-state index contributed by atoms with van der Waals surface area (Å²) in [6, 6.07) is 6.53. The number of amides is 1. The van der Waals surface area contributed by atoms with Gasteiger partial charge in [0.15, 0.2) is 0 Å². The van der Waals surface area contributed by atoms with Gasteiger partial charge in [-0.05, 0) is 63.8 Å². The molecule has 1 aromatic carbocycles. The molecule has 3 heteroatoms. The summed E-state index contributed by atoms with van der Waals surface area (Å²) in [5.41, 5.74) is 3.97. The molecule has 20 heavy (non-hydrogen) atoms. The fourth-order valence-corrected chi connectivity index (χ4v) is 2.62. The predicted octanol–water partition coefficient (Wildman–Crippen LogP) is 2.92. The van der Waals surface area contributed by atoms with E-state index in [2.05, 4.69) is 44.3 Å². The van der Waals surface area contributed by atoms with Crippen LogP contribution in [0.25, 0.3) is 0 Å². The number of carbonyl (C=O) groups excluding carboxylic acids is 1. The van der Waals surface area contributed by atoms with Gasteiger partial charge in [0.1, 0.15) is 0 Å². The number of fused-ring (bicyclic) bond motifs is 1. The van der Waals surface area contributed by atoms with Crippen molar-refractivity contribution < 1.29 is 4.79 Å². The van der Waals surface area contributed by atoms with Gasteiger partial charge >= 0.3 is 0 Å². The normalized spacial score (nSPS) is 15.4. The maximum absolute atomic E-state index is 11.7. The topological polar surface area (TPSA) is 32.3 Å². The zero-order chi connectivity index (χ0) is 14.8. The van der Waals surface area contributed by atoms with Crippen molar-refractivity contribution in [2.24, 2.45) is 0 Å². The van der Waals surface area contributed by atoms with Gasteiger partial charge in [-0.1, -0.05) is 12.1 Å². The predicted molar refractivity (Wildman–Crippen MR) is 84.2 cm³/mol. The number of benzene rings is 1. The number of carbonyl (C=O) groups is 1. The summed E-state index contributed by atoms with van der Waals surface area (Å²) < 4.78 is 0. The highest BCUT2D eigenvalue weighted by Crippen LogP contribution is 2.27. The average molecular weight is 274 g/mol. The van der Waals surface area contributed by atoms with Crippen LogP contribution in [0.2, 0.25) is 0 Å². The zero-order valence-corrected chi connectivity index (χ0v) is 13.1. The van der Waals surface area contributed by atoms with Crippen molar-refractivity contribution >= 4 is 11.6 Å². The molecule has 1 amide bonds. The van der Waals surface area contributed by atoms with Gasteiger partial charge in [-0.15, -0.1) is 0 Å². The van der Waals surface area contributed by atoms with Gasteiger partial charge in [0.05, 0.1) is 0 Å². The van der Waals surface area contributed by atoms with Crippen LogP contribution in [-0.4, -0.2) is 25.0 Å². The van der Waals surface area contributed by atoms with E-state index in [1.807, 2.05) is 7.05 Å². The van der Waals surface area contributed by atoms with Crippen LogP contribution in [0.4, 0.5) is 5.69 Å². The monoisotopic (exact) mass is 274 g/mol. The minimum absolute atomic E-state index is 0.193. The van der Waals surface area contributed by atoms with E-state index < -0.39 is 0 Å². The van der Waals surface area contributed by atoms with E-state index >= 15 is 0 Å². The molecule has 0 unspecified atom stereocenters. The molecule has 0 radical (unpaired) electrons. The van der Waals surface area contributed by atoms with Crippen LogP contribution in [0, 0.1) is 0 Å². The Balaban J connectivity index is 1.93. The van der Waals surface area contributed by atoms with Crippen molar-refractivity contribution in [2.75, 3.05) is 18.5 Å². The number of rotatable bonds is 4. The van der Waals surface area contributed by atoms with Gasteiger partial charge in [-0.2, -0.15) is 0 Å². The third-order valence-corrected chi connectivity index (χ3v) is 3.79. The lowest BCUT2D eigenvalue weighted by Gasteiger charge is -2.26. The third kappa shape index (κ3) is 3.83. The summed E-state index contributed by atoms with van der Waals surface area (Å²) in [5, 5.41) is 3.51. The molecular weight excluding hydrogens is 248 g/mol. The molecule has 1 heterocycles. The molecule has 1 N–H and O–H groups in total. The lowest BCUT2D eigenvalue weighted by Crippen LogP contribution is -2.36. The minimum atomic E-state index is 0.193. The molecule has 3 nitrogen and oxygen atoms in total. The number of nitrogens with zero attached hydrogens (tertiary/aromatic N) is 1. The molecule has 0 saturated heterocycles. The highest BCUT2D eigenvalue weighted by atomic mass is 16.2. The highest BCUT2D eigenvalue weighted by molar-refractivity contribution is 5.95. The second-order valence-electron chi connectivity index (χ2n) is 6.70. The summed E-state index contributed by atoms with van der Waals surface area (Å²) >= 11 is 0. The lowest BCUT2D eigenvalue weighted by molar-refractivity contribution is -0.118. The van der Waals surface area contributed by atoms with Crippen LogP contribution < -0.4 is 10.2 Å². The molecule has 0 aromatic heterocycles. The average Bonchev–Trinajstić information content (AvgIpc) is 2.38. The van der Waals surface area contributed by atoms with Crippen LogP contribution in [0.15, 0.2) is 18.2 Å². The van der Waals surface area contributed by atoms with Crippen LogP contribution >= 0.6 is 0 Å². The lowest BCUT2D eigenvalue weighted by atomic mass is 9.97. The van der Waals surface area contributed by atoms with E-state index in [9.17, 15) is 4.79 Å². The standard InChI is InChI=1S/C17H26N2O/c1-17(2,3)18-11-5-6-13-7-9-15-14(12-13)8-10-16(20)19(15)4/h7,9,12,18H,5-6,8,10-11H2,1-4H3. The smallest absolute Gasteiger partial charge is 0.227 e. The van der Waals surface area contributed by atoms with Crippen molar-refractivity contribution in [1.82, 2.24) is 5.32 Å². The van der Waals surface area contributed by atoms with Gasteiger partial charge in [-0.3, -0.25) is 4.79 Å². The maximum atomic E-state index is 11.7. The number of anilines is 1. The first-order valence-electron chi connectivity index (χ1n) is 7.50. The Morgan fingerprint density at radius 3 is 2.70 bits per heavy atom. The molecular formula is C17H26N2O. The van der Waals surface area contributed by atoms with Crippen molar-refractivity contribution in [3.8, 4) is 0 Å². The summed E-state index contributed by atoms with van der Waals surface area (Å²) in [6.45, 7) is 7.62. The van der Waals surface area contributed by atoms with Crippen LogP contribution in [-0.2, 0) is 17.6 Å². The van der Waals surface area contributed by atoms with E-state index in [0.29, 0.717) is 6.42 Å². The van der Waals surface area contributed by atoms with Crippen LogP contribution in [0.3, 0.4) is 0 Å². The second-order valence-corrected chi connectivity index (χ2v) is 6.70. The van der Waals surface area contributed by atoms with E-state index in [4.69, 9.17) is 0 Å². The molecule has 0 spiro atoms. The third-order valence-electron chi connectivity index (χ3n) is 3.79. The van der Waals surface area contributed by atoms with Crippen molar-refractivity contribution in [3.63, 3.8) is 0 Å². The van der Waals surface area contributed by atoms with E-state index in [0.717, 1.165) is 31.5 Å². The van der Waals surface area contributed by atoms with E-state index in [1.54, 1.807) is 4.90 Å². The largest absolute Gasteiger partial charge is 0.315 e. The van der Waals surface area contributed by atoms with Crippen LogP contribution in [0.1, 0.15) is 44.7 Å². The number of hydrogen-bond acceptors (Lipinski definition) is 2. The Morgan fingerprint density at radius 2 is 2.00 bits per heavy atom. The fraction of sp³-hybridized carbons (Fsp3) is 0.588. The Hall–Kier alpha value is -1.35. The summed E-state index contributed by atoms with van der Waals surface area (Å²) in [7, 11) is 1.87. The Morgan fingerprint density at radius 1 is 1.25 bits per heavy atom. The van der Waals surface area contributed by atoms with E-state index in [1.165, 1.54) is 11.1 Å². The molecule has 1 aromatic rings. The maximum Gasteiger partial charge on any atom is 0.227 e. The van der Waals surface area contributed by atoms with Gasteiger partial charge in [-0.25, -0.2) is 0 Å². The molecule has 0 fully saturated rings. The molecule has 1 aliphatic rings. The van der Waals surface area contributed by atoms with E-state index in [-0.39, 0.29) is 11.4 Å². The summed E-state index contributed by atoms with van der Waals surface area (Å²) in [4.78, 5) is 13.4. The number of hydrogen-bond donors (Lipinski definition) is 1. The minimum Gasteiger partial charge on any atom is -0.315 e. The molecule has 2 rings (SSSR count). The SMILES string of the molecule is CN1C(=O)CCc2cc(CCCNC(C)(C)C)ccc21. The van der Waals surface area contributed by atoms with Crippen LogP contribution in [0.5, 0.6) is 0 Å². The Kier molecular flexibility index (Phi) is 4.48. The first-order valence-corrected chi connectivity index (χ1v) is 7.50. The second kappa shape index (κ2) is 5.96. The summed E-state index contributed by atoms with van der Waals surface area (Å²) in [6.07, 6.45) is 3.75. The summed E-state index contributed by atoms with van der Waals surface area (Å²) in [5.74, 6) is 0.222. The first kappa shape index (κ1) is 15.0. The Labute approximate surface area is 122 Å². The molecule has 1 aliphatic heterocycles. The van der Waals surface area contributed by atoms with Gasteiger partial charge < -0.3 is 10.2 Å². The fourth-order valence-electron chi connectivity index (χ4n) is 2.62. The molecule has 0 atom stereocenters. The number of aryl methyl sites for hydroxylation is 2. The van der Waals surface area contributed by atoms with Crippen molar-refractivity contribution in [1.29, 1.82) is 0 Å². The molecule has 0 aliphatic carbocycles. The first-order chi connectivity index (χ1) is 9.37. The quantitative estimate of drug-likeness (QED) is 0.856. The van der Waals surface area contributed by atoms with Crippen molar-refractivity contribution in [3.05, 3.63) is 29.3 Å². The number of nitrogens with one attached hydrogen (secondary N) is 1. The molecule has 110 valence electrons. The zero-order valence-electron chi connectivity index (χ0n) is 13.1. The molecule has 0 saturated carbocycles. The van der Waals surface area contributed by atoms with Crippen molar-refractivity contribution in [2.45, 2.75) is 52.0 Å². The molecule has 0 bridgehead atoms. The highest BCUT2D eigenvalue weighted by Gasteiger charge is 2.20. The van der Waals surface area contributed by atoms with Gasteiger partial charge in [0, 0.05) is 24.7 Å². The van der Waals surface area contributed by atoms with Gasteiger partial charge in [0.2, 0.25) is 5.91 Å². The van der Waals surface area contributed by atoms with Gasteiger partial charge in [0.25, 0.3) is 0 Å². The Bertz CT molecular complexity index is 488.